The van der Waals surface area contributed by atoms with Crippen LogP contribution in [0.25, 0.3) is 11.6 Å². The molecule has 0 aromatic heterocycles. The molecule has 2 aromatic carbocycles. The number of aliphatic carboxylic acids is 1. The van der Waals surface area contributed by atoms with Crippen molar-refractivity contribution in [2.75, 3.05) is 0 Å². The molecule has 0 fully saturated rings. The Balaban J connectivity index is 2.40. The number of benzene rings is 2. The monoisotopic (exact) mass is 250 g/mol. The van der Waals surface area contributed by atoms with Gasteiger partial charge in [-0.05, 0) is 28.9 Å². The molecule has 0 radical (unpaired) electrons. The number of carbonyl (C=O) groups is 1. The molecule has 19 heavy (non-hydrogen) atoms. The van der Waals surface area contributed by atoms with Gasteiger partial charge in [-0.1, -0.05) is 60.7 Å². The first-order valence-corrected chi connectivity index (χ1v) is 5.99. The number of hydrogen-bond donors (Lipinski definition) is 1. The second-order valence-electron chi connectivity index (χ2n) is 4.05. The predicted octanol–water partition coefficient (Wildman–Crippen LogP) is 3.87. The highest BCUT2D eigenvalue weighted by molar-refractivity contribution is 5.91. The molecule has 0 bridgehead atoms. The summed E-state index contributed by atoms with van der Waals surface area (Å²) < 4.78 is 0. The first-order valence-electron chi connectivity index (χ1n) is 5.99. The van der Waals surface area contributed by atoms with Crippen LogP contribution in [0.5, 0.6) is 0 Å². The minimum absolute atomic E-state index is 0.870. The molecule has 0 saturated carbocycles. The van der Waals surface area contributed by atoms with E-state index in [0.717, 1.165) is 22.8 Å². The summed E-state index contributed by atoms with van der Waals surface area (Å²) in [5.74, 6) is -0.949. The standard InChI is InChI=1S/C17H14O2/c18-17(19)12-11-16(15-9-5-2-6-10-15)13-14-7-3-1-4-8-14/h1-13H,(H,18,19)/b12-11+,16-13-. The van der Waals surface area contributed by atoms with Crippen molar-refractivity contribution in [3.63, 3.8) is 0 Å². The van der Waals surface area contributed by atoms with E-state index in [1.54, 1.807) is 6.08 Å². The van der Waals surface area contributed by atoms with E-state index in [9.17, 15) is 4.79 Å². The number of hydrogen-bond acceptors (Lipinski definition) is 1. The molecule has 0 amide bonds. The molecule has 2 heteroatoms. The van der Waals surface area contributed by atoms with Gasteiger partial charge in [0.05, 0.1) is 0 Å². The number of allylic oxidation sites excluding steroid dienone is 2. The Morgan fingerprint density at radius 1 is 0.842 bits per heavy atom. The Morgan fingerprint density at radius 3 is 2.00 bits per heavy atom. The fourth-order valence-corrected chi connectivity index (χ4v) is 1.75. The molecule has 94 valence electrons. The average molecular weight is 250 g/mol. The third kappa shape index (κ3) is 3.96. The zero-order valence-electron chi connectivity index (χ0n) is 10.4. The van der Waals surface area contributed by atoms with Crippen LogP contribution in [-0.2, 0) is 4.79 Å². The maximum atomic E-state index is 10.7. The lowest BCUT2D eigenvalue weighted by Crippen LogP contribution is -1.88. The summed E-state index contributed by atoms with van der Waals surface area (Å²) in [5.41, 5.74) is 2.90. The molecule has 0 aliphatic heterocycles. The van der Waals surface area contributed by atoms with Gasteiger partial charge in [0.15, 0.2) is 0 Å². The molecule has 0 aliphatic rings. The highest BCUT2D eigenvalue weighted by Crippen LogP contribution is 2.19. The highest BCUT2D eigenvalue weighted by Gasteiger charge is 1.98. The molecule has 0 saturated heterocycles. The Bertz CT molecular complexity index is 596. The quantitative estimate of drug-likeness (QED) is 0.508. The van der Waals surface area contributed by atoms with Crippen LogP contribution in [0.4, 0.5) is 0 Å². The van der Waals surface area contributed by atoms with Crippen LogP contribution in [0.3, 0.4) is 0 Å². The number of carboxylic acids is 1. The number of carboxylic acid groups (broad SMARTS) is 1. The highest BCUT2D eigenvalue weighted by atomic mass is 16.4. The summed E-state index contributed by atoms with van der Waals surface area (Å²) >= 11 is 0. The van der Waals surface area contributed by atoms with E-state index >= 15 is 0 Å². The van der Waals surface area contributed by atoms with Crippen molar-refractivity contribution < 1.29 is 9.90 Å². The summed E-state index contributed by atoms with van der Waals surface area (Å²) in [6, 6.07) is 19.5. The fourth-order valence-electron chi connectivity index (χ4n) is 1.75. The SMILES string of the molecule is O=C(O)/C=C/C(=C/c1ccccc1)c1ccccc1. The normalized spacial score (nSPS) is 11.7. The average Bonchev–Trinajstić information content (AvgIpc) is 2.45. The molecule has 0 atom stereocenters. The topological polar surface area (TPSA) is 37.3 Å². The minimum Gasteiger partial charge on any atom is -0.478 e. The van der Waals surface area contributed by atoms with Gasteiger partial charge < -0.3 is 5.11 Å². The Hall–Kier alpha value is -2.61. The number of rotatable bonds is 4. The van der Waals surface area contributed by atoms with E-state index < -0.39 is 5.97 Å². The maximum absolute atomic E-state index is 10.7. The molecule has 0 unspecified atom stereocenters. The van der Waals surface area contributed by atoms with Crippen LogP contribution in [0.2, 0.25) is 0 Å². The molecule has 0 spiro atoms. The van der Waals surface area contributed by atoms with E-state index in [4.69, 9.17) is 5.11 Å². The van der Waals surface area contributed by atoms with Crippen LogP contribution in [-0.4, -0.2) is 11.1 Å². The van der Waals surface area contributed by atoms with E-state index in [1.165, 1.54) is 0 Å². The van der Waals surface area contributed by atoms with Crippen molar-refractivity contribution in [2.45, 2.75) is 0 Å². The van der Waals surface area contributed by atoms with Gasteiger partial charge in [0.2, 0.25) is 0 Å². The third-order valence-corrected chi connectivity index (χ3v) is 2.63. The zero-order chi connectivity index (χ0) is 13.5. The summed E-state index contributed by atoms with van der Waals surface area (Å²) in [5, 5.41) is 8.76. The van der Waals surface area contributed by atoms with Crippen molar-refractivity contribution in [1.29, 1.82) is 0 Å². The van der Waals surface area contributed by atoms with Gasteiger partial charge in [-0.3, -0.25) is 0 Å². The Labute approximate surface area is 112 Å². The maximum Gasteiger partial charge on any atom is 0.328 e. The Morgan fingerprint density at radius 2 is 1.42 bits per heavy atom. The van der Waals surface area contributed by atoms with Crippen LogP contribution < -0.4 is 0 Å². The summed E-state index contributed by atoms with van der Waals surface area (Å²) in [6.07, 6.45) is 4.74. The van der Waals surface area contributed by atoms with Crippen LogP contribution >= 0.6 is 0 Å². The van der Waals surface area contributed by atoms with Crippen molar-refractivity contribution in [1.82, 2.24) is 0 Å². The lowest BCUT2D eigenvalue weighted by molar-refractivity contribution is -0.131. The molecule has 0 heterocycles. The van der Waals surface area contributed by atoms with Gasteiger partial charge >= 0.3 is 5.97 Å². The molecular formula is C17H14O2. The van der Waals surface area contributed by atoms with Crippen molar-refractivity contribution in [3.8, 4) is 0 Å². The fraction of sp³-hybridized carbons (Fsp3) is 0. The molecule has 0 aliphatic carbocycles. The molecule has 2 nitrogen and oxygen atoms in total. The summed E-state index contributed by atoms with van der Waals surface area (Å²) in [7, 11) is 0. The molecule has 1 N–H and O–H groups in total. The first-order chi connectivity index (χ1) is 9.25. The van der Waals surface area contributed by atoms with Crippen LogP contribution in [0, 0.1) is 0 Å². The van der Waals surface area contributed by atoms with Crippen molar-refractivity contribution in [3.05, 3.63) is 83.9 Å². The summed E-state index contributed by atoms with van der Waals surface area (Å²) in [6.45, 7) is 0. The van der Waals surface area contributed by atoms with E-state index in [-0.39, 0.29) is 0 Å². The molecular weight excluding hydrogens is 236 g/mol. The van der Waals surface area contributed by atoms with E-state index in [1.807, 2.05) is 66.7 Å². The largest absolute Gasteiger partial charge is 0.478 e. The third-order valence-electron chi connectivity index (χ3n) is 2.63. The molecule has 2 aromatic rings. The van der Waals surface area contributed by atoms with Gasteiger partial charge in [-0.2, -0.15) is 0 Å². The second-order valence-corrected chi connectivity index (χ2v) is 4.05. The van der Waals surface area contributed by atoms with Crippen LogP contribution in [0.1, 0.15) is 11.1 Å². The van der Waals surface area contributed by atoms with Gasteiger partial charge in [0, 0.05) is 6.08 Å². The predicted molar refractivity (Wildman–Crippen MR) is 77.5 cm³/mol. The van der Waals surface area contributed by atoms with Gasteiger partial charge in [-0.25, -0.2) is 4.79 Å². The first kappa shape index (κ1) is 12.8. The second kappa shape index (κ2) is 6.36. The minimum atomic E-state index is -0.949. The Kier molecular flexibility index (Phi) is 4.29. The van der Waals surface area contributed by atoms with Crippen molar-refractivity contribution in [2.24, 2.45) is 0 Å². The van der Waals surface area contributed by atoms with E-state index in [0.29, 0.717) is 0 Å². The zero-order valence-corrected chi connectivity index (χ0v) is 10.4. The van der Waals surface area contributed by atoms with Gasteiger partial charge in [-0.15, -0.1) is 0 Å². The lowest BCUT2D eigenvalue weighted by Gasteiger charge is -2.03. The lowest BCUT2D eigenvalue weighted by atomic mass is 10.0. The van der Waals surface area contributed by atoms with Crippen molar-refractivity contribution >= 4 is 17.6 Å². The molecule has 2 rings (SSSR count). The van der Waals surface area contributed by atoms with E-state index in [2.05, 4.69) is 0 Å². The van der Waals surface area contributed by atoms with Crippen LogP contribution in [0.15, 0.2) is 72.8 Å². The van der Waals surface area contributed by atoms with Gasteiger partial charge in [0.1, 0.15) is 0 Å². The summed E-state index contributed by atoms with van der Waals surface area (Å²) in [4.78, 5) is 10.7. The smallest absolute Gasteiger partial charge is 0.328 e. The van der Waals surface area contributed by atoms with Gasteiger partial charge in [0.25, 0.3) is 0 Å².